The van der Waals surface area contributed by atoms with Crippen molar-refractivity contribution >= 4 is 44.0 Å². The van der Waals surface area contributed by atoms with E-state index in [9.17, 15) is 28.8 Å². The van der Waals surface area contributed by atoms with Crippen molar-refractivity contribution in [3.8, 4) is 5.75 Å². The molecule has 0 spiro atoms. The first-order chi connectivity index (χ1) is 25.0. The number of carbonyl (C=O) groups excluding carboxylic acids is 6. The van der Waals surface area contributed by atoms with Crippen LogP contribution < -0.4 is 4.43 Å². The van der Waals surface area contributed by atoms with E-state index in [0.717, 1.165) is 25.7 Å². The van der Waals surface area contributed by atoms with E-state index >= 15 is 0 Å². The van der Waals surface area contributed by atoms with Gasteiger partial charge in [0.2, 0.25) is 8.32 Å². The van der Waals surface area contributed by atoms with Gasteiger partial charge in [0.25, 0.3) is 11.8 Å². The van der Waals surface area contributed by atoms with Gasteiger partial charge < -0.3 is 32.8 Å². The number of nitrogens with zero attached hydrogens (tertiary/aromatic N) is 1. The first-order valence-corrected chi connectivity index (χ1v) is 20.7. The molecule has 1 fully saturated rings. The van der Waals surface area contributed by atoms with Gasteiger partial charge in [-0.25, -0.2) is 4.79 Å². The number of carbonyl (C=O) groups is 6. The average molecular weight is 770 g/mol. The van der Waals surface area contributed by atoms with Gasteiger partial charge in [0, 0.05) is 27.2 Å². The number of ether oxygens (including phenoxy) is 6. The predicted molar refractivity (Wildman–Crippen MR) is 196 cm³/mol. The molecule has 0 bridgehead atoms. The molecule has 14 nitrogen and oxygen atoms in total. The normalized spacial score (nSPS) is 22.2. The van der Waals surface area contributed by atoms with Gasteiger partial charge in [-0.15, -0.1) is 0 Å². The van der Waals surface area contributed by atoms with E-state index in [-0.39, 0.29) is 22.6 Å². The highest BCUT2D eigenvalue weighted by atomic mass is 28.4. The van der Waals surface area contributed by atoms with E-state index < -0.39 is 93.0 Å². The smallest absolute Gasteiger partial charge is 0.336 e. The van der Waals surface area contributed by atoms with Gasteiger partial charge in [0.05, 0.1) is 11.1 Å². The molecular weight excluding hydrogens is 719 g/mol. The van der Waals surface area contributed by atoms with Crippen molar-refractivity contribution in [1.82, 2.24) is 4.90 Å². The zero-order valence-electron chi connectivity index (χ0n) is 32.8. The molecule has 2 aliphatic rings. The largest absolute Gasteiger partial charge is 0.544 e. The Balaban J connectivity index is 1.81. The van der Waals surface area contributed by atoms with Crippen LogP contribution in [0.1, 0.15) is 88.6 Å². The molecule has 15 heteroatoms. The summed E-state index contributed by atoms with van der Waals surface area (Å²) in [5.41, 5.74) is -0.171. The second-order valence-electron chi connectivity index (χ2n) is 15.9. The number of rotatable bonds is 12. The second kappa shape index (κ2) is 16.4. The minimum Gasteiger partial charge on any atom is -0.544 e. The maximum atomic E-state index is 14.0. The third kappa shape index (κ3) is 10.1. The molecule has 6 atom stereocenters. The first-order valence-electron chi connectivity index (χ1n) is 17.8. The van der Waals surface area contributed by atoms with E-state index in [2.05, 4.69) is 33.9 Å². The van der Waals surface area contributed by atoms with Crippen LogP contribution in [0.5, 0.6) is 5.75 Å². The number of imide groups is 1. The molecule has 2 aliphatic heterocycles. The van der Waals surface area contributed by atoms with Crippen molar-refractivity contribution in [3.05, 3.63) is 65.2 Å². The molecule has 2 amide bonds. The first kappa shape index (κ1) is 42.1. The fraction of sp³-hybridized carbons (Fsp3) is 0.538. The Morgan fingerprint density at radius 2 is 1.33 bits per heavy atom. The SMILES string of the molecule is CC(=O)OC[C@H]1O[C@@H](OC(Cc2ccc(O[Si](C)(C)C(C)(C)C)cc2)C(=O)OC(C)(C)C)[C@H](N2C(=O)c3ccccc3C2=O)[C@@H](OC(C)=O)[C@H]1OC(C)=O. The molecule has 2 aromatic carbocycles. The van der Waals surface area contributed by atoms with Gasteiger partial charge in [-0.3, -0.25) is 28.9 Å². The predicted octanol–water partition coefficient (Wildman–Crippen LogP) is 5.16. The van der Waals surface area contributed by atoms with Gasteiger partial charge in [-0.1, -0.05) is 45.0 Å². The molecule has 0 N–H and O–H groups in total. The minimum absolute atomic E-state index is 0.0386. The summed E-state index contributed by atoms with van der Waals surface area (Å²) < 4.78 is 41.4. The van der Waals surface area contributed by atoms with Crippen molar-refractivity contribution < 1.29 is 61.6 Å². The van der Waals surface area contributed by atoms with Crippen molar-refractivity contribution in [2.75, 3.05) is 6.61 Å². The molecule has 54 heavy (non-hydrogen) atoms. The fourth-order valence-electron chi connectivity index (χ4n) is 5.82. The van der Waals surface area contributed by atoms with E-state index in [4.69, 9.17) is 32.8 Å². The van der Waals surface area contributed by atoms with E-state index in [0.29, 0.717) is 11.3 Å². The Bertz CT molecular complexity index is 1710. The zero-order chi connectivity index (χ0) is 40.3. The van der Waals surface area contributed by atoms with Crippen LogP contribution >= 0.6 is 0 Å². The summed E-state index contributed by atoms with van der Waals surface area (Å²) in [6, 6.07) is 11.7. The Morgan fingerprint density at radius 1 is 0.796 bits per heavy atom. The summed E-state index contributed by atoms with van der Waals surface area (Å²) in [5, 5.41) is -0.0386. The van der Waals surface area contributed by atoms with Crippen LogP contribution in [0.25, 0.3) is 0 Å². The Morgan fingerprint density at radius 3 is 1.81 bits per heavy atom. The number of fused-ring (bicyclic) bond motifs is 1. The highest BCUT2D eigenvalue weighted by Crippen LogP contribution is 2.38. The standard InChI is InChI=1S/C39H51NO13Si/c1-22(41)47-21-30-32(48-23(2)42)33(49-24(3)43)31(40-34(44)27-14-12-13-15-28(27)35(40)45)37(51-30)50-29(36(46)52-38(4,5)6)20-25-16-18-26(19-17-25)53-54(10,11)39(7,8)9/h12-19,29-33,37H,20-21H2,1-11H3/t29?,30-,31-,32+,33-,37-/m1/s1. The molecule has 0 aliphatic carbocycles. The summed E-state index contributed by atoms with van der Waals surface area (Å²) in [6.07, 6.45) is -7.62. The van der Waals surface area contributed by atoms with E-state index in [1.807, 2.05) is 0 Å². The highest BCUT2D eigenvalue weighted by molar-refractivity contribution is 6.74. The molecule has 0 radical (unpaired) electrons. The summed E-state index contributed by atoms with van der Waals surface area (Å²) in [5.74, 6) is -4.03. The summed E-state index contributed by atoms with van der Waals surface area (Å²) in [4.78, 5) is 79.7. The maximum absolute atomic E-state index is 14.0. The lowest BCUT2D eigenvalue weighted by atomic mass is 9.94. The van der Waals surface area contributed by atoms with E-state index in [1.54, 1.807) is 57.2 Å². The summed E-state index contributed by atoms with van der Waals surface area (Å²) in [6.45, 7) is 18.6. The van der Waals surface area contributed by atoms with Crippen LogP contribution in [0.4, 0.5) is 0 Å². The van der Waals surface area contributed by atoms with Gasteiger partial charge in [-0.05, 0) is 68.7 Å². The van der Waals surface area contributed by atoms with Crippen molar-refractivity contribution in [2.45, 2.75) is 129 Å². The molecule has 4 rings (SSSR count). The van der Waals surface area contributed by atoms with Crippen LogP contribution in [0.3, 0.4) is 0 Å². The Hall–Kier alpha value is -4.60. The molecule has 1 saturated heterocycles. The molecule has 0 aromatic heterocycles. The lowest BCUT2D eigenvalue weighted by Crippen LogP contribution is -2.68. The zero-order valence-corrected chi connectivity index (χ0v) is 33.8. The monoisotopic (exact) mass is 769 g/mol. The number of amides is 2. The third-order valence-electron chi connectivity index (χ3n) is 9.28. The quantitative estimate of drug-likeness (QED) is 0.120. The second-order valence-corrected chi connectivity index (χ2v) is 20.6. The fourth-order valence-corrected chi connectivity index (χ4v) is 6.85. The lowest BCUT2D eigenvalue weighted by Gasteiger charge is -2.47. The molecule has 2 aromatic rings. The highest BCUT2D eigenvalue weighted by Gasteiger charge is 2.58. The van der Waals surface area contributed by atoms with Crippen molar-refractivity contribution in [2.24, 2.45) is 0 Å². The summed E-state index contributed by atoms with van der Waals surface area (Å²) in [7, 11) is -2.15. The van der Waals surface area contributed by atoms with Crippen molar-refractivity contribution in [1.29, 1.82) is 0 Å². The minimum atomic E-state index is -2.15. The maximum Gasteiger partial charge on any atom is 0.336 e. The third-order valence-corrected chi connectivity index (χ3v) is 13.6. The van der Waals surface area contributed by atoms with Gasteiger partial charge in [0.15, 0.2) is 24.6 Å². The van der Waals surface area contributed by atoms with Crippen LogP contribution in [-0.2, 0) is 54.0 Å². The Labute approximate surface area is 316 Å². The number of hydrogen-bond acceptors (Lipinski definition) is 13. The van der Waals surface area contributed by atoms with Crippen LogP contribution in [0.2, 0.25) is 18.1 Å². The number of hydrogen-bond donors (Lipinski definition) is 0. The molecule has 294 valence electrons. The van der Waals surface area contributed by atoms with E-state index in [1.165, 1.54) is 12.1 Å². The Kier molecular flexibility index (Phi) is 12.8. The lowest BCUT2D eigenvalue weighted by molar-refractivity contribution is -0.295. The average Bonchev–Trinajstić information content (AvgIpc) is 3.29. The topological polar surface area (TPSA) is 170 Å². The number of esters is 4. The van der Waals surface area contributed by atoms with Gasteiger partial charge >= 0.3 is 23.9 Å². The summed E-state index contributed by atoms with van der Waals surface area (Å²) >= 11 is 0. The van der Waals surface area contributed by atoms with Crippen molar-refractivity contribution in [3.63, 3.8) is 0 Å². The molecule has 2 heterocycles. The van der Waals surface area contributed by atoms with Gasteiger partial charge in [0.1, 0.15) is 30.1 Å². The van der Waals surface area contributed by atoms with Crippen LogP contribution in [-0.4, -0.2) is 97.9 Å². The van der Waals surface area contributed by atoms with Crippen LogP contribution in [0, 0.1) is 0 Å². The molecule has 0 saturated carbocycles. The number of benzene rings is 2. The molecular formula is C39H51NO13Si. The van der Waals surface area contributed by atoms with Gasteiger partial charge in [-0.2, -0.15) is 0 Å². The molecule has 1 unspecified atom stereocenters. The van der Waals surface area contributed by atoms with Crippen LogP contribution in [0.15, 0.2) is 48.5 Å².